The third-order valence-electron chi connectivity index (χ3n) is 6.55. The fourth-order valence-electron chi connectivity index (χ4n) is 4.45. The molecule has 11 nitrogen and oxygen atoms in total. The lowest BCUT2D eigenvalue weighted by Crippen LogP contribution is -2.60. The number of H-pyrrole nitrogens is 1. The minimum Gasteiger partial charge on any atom is -0.530 e. The Morgan fingerprint density at radius 1 is 1.07 bits per heavy atom. The number of amides is 2. The van der Waals surface area contributed by atoms with E-state index in [0.29, 0.717) is 12.8 Å². The van der Waals surface area contributed by atoms with Gasteiger partial charge in [0.15, 0.2) is 0 Å². The molecule has 0 aliphatic heterocycles. The van der Waals surface area contributed by atoms with Gasteiger partial charge in [-0.05, 0) is 42.5 Å². The summed E-state index contributed by atoms with van der Waals surface area (Å²) >= 11 is 0. The molecule has 0 aliphatic carbocycles. The molecule has 0 spiro atoms. The summed E-state index contributed by atoms with van der Waals surface area (Å²) in [5.74, 6) is -1.61. The van der Waals surface area contributed by atoms with Crippen molar-refractivity contribution in [3.8, 4) is 11.5 Å². The molecule has 2 N–H and O–H groups in total. The number of benzene rings is 1. The minimum absolute atomic E-state index is 0.00395. The van der Waals surface area contributed by atoms with Crippen LogP contribution in [0.4, 0.5) is 23.8 Å². The van der Waals surface area contributed by atoms with Crippen LogP contribution in [-0.2, 0) is 22.2 Å². The molecule has 0 fully saturated rings. The average Bonchev–Trinajstić information content (AvgIpc) is 3.58. The second-order valence-electron chi connectivity index (χ2n) is 10.6. The van der Waals surface area contributed by atoms with Crippen molar-refractivity contribution in [1.29, 1.82) is 0 Å². The molecule has 0 aliphatic rings. The molecule has 222 valence electrons. The van der Waals surface area contributed by atoms with Crippen molar-refractivity contribution in [2.45, 2.75) is 78.1 Å². The smallest absolute Gasteiger partial charge is 0.416 e. The third-order valence-corrected chi connectivity index (χ3v) is 6.55. The Bertz CT molecular complexity index is 1320. The van der Waals surface area contributed by atoms with Gasteiger partial charge in [-0.25, -0.2) is 0 Å². The molecule has 0 saturated heterocycles. The highest BCUT2D eigenvalue weighted by atomic mass is 19.4. The number of ketones is 1. The first kappa shape index (κ1) is 31.3. The summed E-state index contributed by atoms with van der Waals surface area (Å²) in [5.41, 5.74) is -1.24. The van der Waals surface area contributed by atoms with Gasteiger partial charge in [0, 0.05) is 24.1 Å². The number of unbranched alkanes of at least 4 members (excludes halogenated alkanes) is 1. The molecule has 0 radical (unpaired) electrons. The number of alkyl halides is 3. The monoisotopic (exact) mass is 577 g/mol. The summed E-state index contributed by atoms with van der Waals surface area (Å²) in [6, 6.07) is 3.58. The maximum absolute atomic E-state index is 13.3. The number of hydrogen-bond donors (Lipinski definition) is 2. The largest absolute Gasteiger partial charge is 0.530 e. The Morgan fingerprint density at radius 3 is 2.29 bits per heavy atom. The highest BCUT2D eigenvalue weighted by Crippen LogP contribution is 2.33. The van der Waals surface area contributed by atoms with Crippen LogP contribution in [-0.4, -0.2) is 55.2 Å². The second kappa shape index (κ2) is 13.0. The summed E-state index contributed by atoms with van der Waals surface area (Å²) < 4.78 is 44.3. The van der Waals surface area contributed by atoms with Crippen molar-refractivity contribution in [3.63, 3.8) is 0 Å². The fraction of sp³-hybridized carbons (Fsp3) is 0.481. The highest BCUT2D eigenvalue weighted by Gasteiger charge is 2.39. The lowest BCUT2D eigenvalue weighted by atomic mass is 9.81. The van der Waals surface area contributed by atoms with Crippen molar-refractivity contribution in [1.82, 2.24) is 25.3 Å². The van der Waals surface area contributed by atoms with E-state index in [1.807, 2.05) is 6.92 Å². The number of hydrogen-bond acceptors (Lipinski definition) is 8. The number of nitrogens with one attached hydrogen (secondary N) is 2. The van der Waals surface area contributed by atoms with E-state index in [1.165, 1.54) is 24.4 Å². The Morgan fingerprint density at radius 2 is 1.76 bits per heavy atom. The molecule has 0 saturated carbocycles. The molecule has 0 bridgehead atoms. The van der Waals surface area contributed by atoms with E-state index >= 15 is 0 Å². The minimum atomic E-state index is -4.48. The van der Waals surface area contributed by atoms with Gasteiger partial charge in [-0.3, -0.25) is 14.7 Å². The van der Waals surface area contributed by atoms with Crippen LogP contribution in [0.15, 0.2) is 40.9 Å². The van der Waals surface area contributed by atoms with Crippen molar-refractivity contribution in [3.05, 3.63) is 48.0 Å². The number of aryl methyl sites for hydroxylation is 1. The number of rotatable bonds is 12. The first-order valence-electron chi connectivity index (χ1n) is 13.1. The highest BCUT2D eigenvalue weighted by molar-refractivity contribution is 6.42. The van der Waals surface area contributed by atoms with Crippen LogP contribution >= 0.6 is 0 Å². The molecule has 41 heavy (non-hydrogen) atoms. The molecular weight excluding hydrogens is 545 g/mol. The predicted octanol–water partition coefficient (Wildman–Crippen LogP) is 4.24. The zero-order chi connectivity index (χ0) is 30.4. The maximum atomic E-state index is 13.3. The summed E-state index contributed by atoms with van der Waals surface area (Å²) in [6.45, 7) is 7.25. The molecule has 0 unspecified atom stereocenters. The Kier molecular flexibility index (Phi) is 9.89. The van der Waals surface area contributed by atoms with E-state index in [0.717, 1.165) is 17.0 Å². The van der Waals surface area contributed by atoms with Gasteiger partial charge >= 0.3 is 6.18 Å². The third kappa shape index (κ3) is 8.14. The lowest BCUT2D eigenvalue weighted by molar-refractivity contribution is -0.272. The first-order valence-corrected chi connectivity index (χ1v) is 13.1. The van der Waals surface area contributed by atoms with Crippen LogP contribution in [0.5, 0.6) is 0 Å². The van der Waals surface area contributed by atoms with Gasteiger partial charge in [0.1, 0.15) is 11.9 Å². The van der Waals surface area contributed by atoms with E-state index in [2.05, 4.69) is 25.7 Å². The number of Topliss-reactive ketones (excluding diaryl/α,β-unsaturated/α-hetero) is 1. The van der Waals surface area contributed by atoms with Crippen molar-refractivity contribution < 1.29 is 37.1 Å². The van der Waals surface area contributed by atoms with Crippen LogP contribution in [0, 0.1) is 5.41 Å². The van der Waals surface area contributed by atoms with Gasteiger partial charge in [0.05, 0.1) is 17.8 Å². The van der Waals surface area contributed by atoms with Crippen LogP contribution in [0.25, 0.3) is 11.5 Å². The van der Waals surface area contributed by atoms with Gasteiger partial charge < -0.3 is 24.5 Å². The Labute approximate surface area is 234 Å². The van der Waals surface area contributed by atoms with Gasteiger partial charge in [-0.15, -0.1) is 10.2 Å². The average molecular weight is 578 g/mol. The van der Waals surface area contributed by atoms with Crippen LogP contribution in [0.3, 0.4) is 0 Å². The van der Waals surface area contributed by atoms with Gasteiger partial charge in [0.25, 0.3) is 5.91 Å². The lowest BCUT2D eigenvalue weighted by Gasteiger charge is -2.45. The van der Waals surface area contributed by atoms with E-state index in [1.54, 1.807) is 20.8 Å². The zero-order valence-electron chi connectivity index (χ0n) is 23.1. The molecule has 3 aromatic rings. The van der Waals surface area contributed by atoms with Gasteiger partial charge in [-0.2, -0.15) is 18.3 Å². The molecule has 2 aromatic heterocycles. The molecule has 2 atom stereocenters. The number of halogens is 3. The second-order valence-corrected chi connectivity index (χ2v) is 10.6. The number of anilines is 1. The standard InChI is InChI=1S/C27H33F3N6O5/c1-5-6-7-18(22(37)23(38)32-20-14-15-31-33-20)36(25(39)40)19(26(2,3)4)12-13-21-34-35-24(41-21)16-8-10-17(11-9-16)27(28,29)30/h8-11,14-15,18-19H,5-7,12-13H2,1-4H3,(H,39,40)(H2,31,32,33,38)/p-1/t18-,19+/m0/s1. The van der Waals surface area contributed by atoms with Crippen molar-refractivity contribution >= 4 is 23.6 Å². The van der Waals surface area contributed by atoms with Crippen LogP contribution in [0.1, 0.15) is 64.8 Å². The fourth-order valence-corrected chi connectivity index (χ4v) is 4.45. The number of carboxylic acid groups (broad SMARTS) is 1. The number of carbonyl (C=O) groups excluding carboxylic acids is 3. The summed E-state index contributed by atoms with van der Waals surface area (Å²) in [6.07, 6.45) is -3.25. The topological polar surface area (TPSA) is 157 Å². The quantitative estimate of drug-likeness (QED) is 0.303. The maximum Gasteiger partial charge on any atom is 0.416 e. The van der Waals surface area contributed by atoms with E-state index < -0.39 is 47.0 Å². The van der Waals surface area contributed by atoms with E-state index in [4.69, 9.17) is 4.42 Å². The van der Waals surface area contributed by atoms with E-state index in [-0.39, 0.29) is 42.4 Å². The molecular formula is C27H32F3N6O5-. The van der Waals surface area contributed by atoms with Crippen LogP contribution < -0.4 is 10.4 Å². The zero-order valence-corrected chi connectivity index (χ0v) is 23.1. The molecule has 1 aromatic carbocycles. The van der Waals surface area contributed by atoms with E-state index in [9.17, 15) is 32.7 Å². The molecule has 2 heterocycles. The summed E-state index contributed by atoms with van der Waals surface area (Å²) in [7, 11) is 0. The van der Waals surface area contributed by atoms with Crippen molar-refractivity contribution in [2.24, 2.45) is 5.41 Å². The number of carbonyl (C=O) groups is 3. The molecule has 3 rings (SSSR count). The predicted molar refractivity (Wildman–Crippen MR) is 139 cm³/mol. The molecule has 14 heteroatoms. The van der Waals surface area contributed by atoms with Gasteiger partial charge in [-0.1, -0.05) is 40.5 Å². The first-order chi connectivity index (χ1) is 19.2. The summed E-state index contributed by atoms with van der Waals surface area (Å²) in [4.78, 5) is 39.5. The number of aromatic nitrogens is 4. The Hall–Kier alpha value is -4.23. The van der Waals surface area contributed by atoms with Gasteiger partial charge in [0.2, 0.25) is 17.6 Å². The Balaban J connectivity index is 1.83. The SMILES string of the molecule is CCCC[C@@H](C(=O)C(=O)Nc1ccn[nH]1)N(C(=O)[O-])[C@H](CCc1nnc(-c2ccc(C(F)(F)F)cc2)o1)C(C)(C)C. The number of nitrogens with zero attached hydrogens (tertiary/aromatic N) is 4. The van der Waals surface area contributed by atoms with Crippen molar-refractivity contribution in [2.75, 3.05) is 5.32 Å². The molecule has 2 amide bonds. The summed E-state index contributed by atoms with van der Waals surface area (Å²) in [5, 5.41) is 29.0. The normalized spacial score (nSPS) is 13.4. The van der Waals surface area contributed by atoms with Crippen LogP contribution in [0.2, 0.25) is 0 Å². The number of aromatic amines is 1.